The van der Waals surface area contributed by atoms with Gasteiger partial charge in [-0.1, -0.05) is 22.9 Å². The second-order valence-electron chi connectivity index (χ2n) is 6.42. The fourth-order valence-corrected chi connectivity index (χ4v) is 2.46. The first-order chi connectivity index (χ1) is 19.7. The summed E-state index contributed by atoms with van der Waals surface area (Å²) in [6.45, 7) is 13.8. The summed E-state index contributed by atoms with van der Waals surface area (Å²) >= 11 is 8.63. The minimum Gasteiger partial charge on any atom is -0.465 e. The molecule has 0 aliphatic rings. The molecule has 0 atom stereocenters. The largest absolute Gasteiger partial charge is 0.465 e. The number of carbonyl (C=O) groups excluding carboxylic acids is 6. The van der Waals surface area contributed by atoms with Crippen LogP contribution in [0.25, 0.3) is 0 Å². The SMILES string of the molecule is CCN.CCOC(=O)C(=NNC)C(=O)OCC.CCOC(=O)C(Br)(Br)C(=O)OCC.CCOC(=O)C(Br)C(=O)OCC. The molecule has 0 aliphatic carbocycles. The van der Waals surface area contributed by atoms with Gasteiger partial charge in [0.2, 0.25) is 4.83 Å². The Bertz CT molecular complexity index is 785. The molecule has 18 heteroatoms. The Balaban J connectivity index is -0.000000246. The van der Waals surface area contributed by atoms with Gasteiger partial charge < -0.3 is 39.6 Å². The van der Waals surface area contributed by atoms with E-state index in [1.165, 1.54) is 7.05 Å². The van der Waals surface area contributed by atoms with Crippen LogP contribution in [-0.4, -0.2) is 103 Å². The van der Waals surface area contributed by atoms with Crippen LogP contribution in [-0.2, 0) is 57.2 Å². The van der Waals surface area contributed by atoms with Crippen molar-refractivity contribution in [2.75, 3.05) is 53.2 Å². The Kier molecular flexibility index (Phi) is 33.5. The molecular weight excluding hydrogens is 762 g/mol. The topological polar surface area (TPSA) is 208 Å². The number of halogens is 3. The third kappa shape index (κ3) is 23.3. The molecule has 3 N–H and O–H groups in total. The molecular formula is C24H42Br3N3O12. The fraction of sp³-hybridized carbons (Fsp3) is 0.708. The molecule has 0 unspecified atom stereocenters. The summed E-state index contributed by atoms with van der Waals surface area (Å²) in [6.07, 6.45) is 0. The van der Waals surface area contributed by atoms with Crippen molar-refractivity contribution < 1.29 is 57.2 Å². The van der Waals surface area contributed by atoms with E-state index in [1.54, 1.807) is 41.5 Å². The van der Waals surface area contributed by atoms with E-state index >= 15 is 0 Å². The minimum atomic E-state index is -1.58. The normalized spacial score (nSPS) is 9.45. The smallest absolute Gasteiger partial charge is 0.366 e. The summed E-state index contributed by atoms with van der Waals surface area (Å²) in [5.41, 5.74) is 6.80. The maximum atomic E-state index is 11.2. The third-order valence-corrected chi connectivity index (χ3v) is 5.25. The molecule has 0 spiro atoms. The van der Waals surface area contributed by atoms with E-state index in [-0.39, 0.29) is 45.4 Å². The molecule has 0 rings (SSSR count). The van der Waals surface area contributed by atoms with E-state index in [4.69, 9.17) is 5.73 Å². The van der Waals surface area contributed by atoms with Gasteiger partial charge in [0.1, 0.15) is 0 Å². The lowest BCUT2D eigenvalue weighted by molar-refractivity contribution is -0.155. The molecule has 0 amide bonds. The summed E-state index contributed by atoms with van der Waals surface area (Å²) < 4.78 is 26.1. The third-order valence-electron chi connectivity index (χ3n) is 3.21. The zero-order valence-electron chi connectivity index (χ0n) is 25.1. The highest BCUT2D eigenvalue weighted by molar-refractivity contribution is 9.26. The van der Waals surface area contributed by atoms with E-state index in [9.17, 15) is 28.8 Å². The molecule has 0 radical (unpaired) electrons. The van der Waals surface area contributed by atoms with Crippen molar-refractivity contribution in [1.29, 1.82) is 0 Å². The Morgan fingerprint density at radius 3 is 1.19 bits per heavy atom. The molecule has 0 aromatic carbocycles. The van der Waals surface area contributed by atoms with Gasteiger partial charge in [-0.05, 0) is 79.9 Å². The number of rotatable bonds is 13. The second-order valence-corrected chi connectivity index (χ2v) is 10.8. The molecule has 0 aromatic heterocycles. The number of nitrogens with one attached hydrogen (secondary N) is 1. The number of esters is 6. The number of hydrogen-bond donors (Lipinski definition) is 2. The molecule has 42 heavy (non-hydrogen) atoms. The monoisotopic (exact) mass is 801 g/mol. The number of alkyl halides is 3. The fourth-order valence-electron chi connectivity index (χ4n) is 1.74. The molecule has 0 aliphatic heterocycles. The average molecular weight is 804 g/mol. The van der Waals surface area contributed by atoms with Crippen molar-refractivity contribution in [3.05, 3.63) is 0 Å². The summed E-state index contributed by atoms with van der Waals surface area (Å²) in [7, 11) is 1.47. The van der Waals surface area contributed by atoms with Gasteiger partial charge in [-0.15, -0.1) is 0 Å². The summed E-state index contributed by atoms with van der Waals surface area (Å²) in [5.74, 6) is -4.24. The molecule has 0 fully saturated rings. The van der Waals surface area contributed by atoms with Crippen LogP contribution in [0, 0.1) is 0 Å². The Labute approximate surface area is 271 Å². The average Bonchev–Trinajstić information content (AvgIpc) is 2.93. The van der Waals surface area contributed by atoms with E-state index in [0.29, 0.717) is 0 Å². The maximum absolute atomic E-state index is 11.2. The number of hydrogen-bond acceptors (Lipinski definition) is 15. The highest BCUT2D eigenvalue weighted by Gasteiger charge is 2.44. The molecule has 0 aromatic rings. The van der Waals surface area contributed by atoms with Crippen LogP contribution >= 0.6 is 47.8 Å². The predicted molar refractivity (Wildman–Crippen MR) is 164 cm³/mol. The second kappa shape index (κ2) is 30.2. The molecule has 0 bridgehead atoms. The van der Waals surface area contributed by atoms with Gasteiger partial charge in [0, 0.05) is 7.05 Å². The quantitative estimate of drug-likeness (QED) is 0.0683. The van der Waals surface area contributed by atoms with Crippen molar-refractivity contribution in [3.63, 3.8) is 0 Å². The van der Waals surface area contributed by atoms with Crippen LogP contribution in [0.15, 0.2) is 5.10 Å². The van der Waals surface area contributed by atoms with E-state index < -0.39 is 43.9 Å². The Morgan fingerprint density at radius 2 is 0.952 bits per heavy atom. The van der Waals surface area contributed by atoms with Crippen molar-refractivity contribution in [2.24, 2.45) is 10.8 Å². The van der Waals surface area contributed by atoms with Crippen molar-refractivity contribution in [3.8, 4) is 0 Å². The van der Waals surface area contributed by atoms with Gasteiger partial charge in [-0.2, -0.15) is 5.10 Å². The van der Waals surface area contributed by atoms with Crippen LogP contribution in [0.5, 0.6) is 0 Å². The molecule has 0 heterocycles. The zero-order chi connectivity index (χ0) is 33.7. The van der Waals surface area contributed by atoms with Crippen molar-refractivity contribution in [2.45, 2.75) is 56.5 Å². The predicted octanol–water partition coefficient (Wildman–Crippen LogP) is 2.13. The summed E-state index contributed by atoms with van der Waals surface area (Å²) in [4.78, 5) is 65.4. The van der Waals surface area contributed by atoms with Crippen LogP contribution in [0.3, 0.4) is 0 Å². The Morgan fingerprint density at radius 1 is 0.667 bits per heavy atom. The van der Waals surface area contributed by atoms with Crippen molar-refractivity contribution in [1.82, 2.24) is 5.43 Å². The first-order valence-electron chi connectivity index (χ1n) is 12.7. The number of ether oxygens (including phenoxy) is 6. The van der Waals surface area contributed by atoms with Crippen molar-refractivity contribution >= 4 is 89.3 Å². The lowest BCUT2D eigenvalue weighted by Gasteiger charge is -2.15. The van der Waals surface area contributed by atoms with E-state index in [2.05, 4.69) is 86.7 Å². The van der Waals surface area contributed by atoms with Crippen LogP contribution in [0.4, 0.5) is 0 Å². The molecule has 0 saturated carbocycles. The summed E-state index contributed by atoms with van der Waals surface area (Å²) in [6, 6.07) is 0. The van der Waals surface area contributed by atoms with Gasteiger partial charge in [0.05, 0.1) is 39.6 Å². The number of nitrogens with two attached hydrogens (primary N) is 1. The number of nitrogens with zero attached hydrogens (tertiary/aromatic N) is 1. The van der Waals surface area contributed by atoms with Gasteiger partial charge in [0.25, 0.3) is 8.95 Å². The Hall–Kier alpha value is -2.31. The summed E-state index contributed by atoms with van der Waals surface area (Å²) in [5, 5.41) is 3.48. The number of hydrazone groups is 1. The minimum absolute atomic E-state index is 0.182. The van der Waals surface area contributed by atoms with Gasteiger partial charge in [-0.3, -0.25) is 9.59 Å². The highest BCUT2D eigenvalue weighted by Crippen LogP contribution is 2.29. The van der Waals surface area contributed by atoms with Gasteiger partial charge in [-0.25, -0.2) is 19.2 Å². The standard InChI is InChI=1S/C8H14N2O4.C7H10Br2O4.C7H11BrO4.C2H7N/c1-4-13-7(11)6(10-9-3)8(12)14-5-2;1-3-12-5(10)7(8,9)6(11)13-4-2;1-3-11-6(9)5(8)7(10)12-4-2;1-2-3/h9H,4-5H2,1-3H3;3-4H2,1-2H3;5H,3-4H2,1-2H3;2-3H2,1H3. The van der Waals surface area contributed by atoms with Crippen LogP contribution in [0.2, 0.25) is 0 Å². The molecule has 15 nitrogen and oxygen atoms in total. The highest BCUT2D eigenvalue weighted by atomic mass is 79.9. The van der Waals surface area contributed by atoms with Crippen LogP contribution in [0.1, 0.15) is 48.5 Å². The first-order valence-corrected chi connectivity index (χ1v) is 15.2. The van der Waals surface area contributed by atoms with E-state index in [1.807, 2.05) is 6.92 Å². The molecule has 246 valence electrons. The zero-order valence-corrected chi connectivity index (χ0v) is 29.8. The van der Waals surface area contributed by atoms with Gasteiger partial charge in [0.15, 0.2) is 0 Å². The number of carbonyl (C=O) groups is 6. The lowest BCUT2D eigenvalue weighted by Crippen LogP contribution is -2.37. The first kappa shape index (κ1) is 46.6. The maximum Gasteiger partial charge on any atom is 0.366 e. The van der Waals surface area contributed by atoms with Gasteiger partial charge >= 0.3 is 35.8 Å². The van der Waals surface area contributed by atoms with Crippen LogP contribution < -0.4 is 11.2 Å². The lowest BCUT2D eigenvalue weighted by atomic mass is 10.4. The molecule has 0 saturated heterocycles. The van der Waals surface area contributed by atoms with E-state index in [0.717, 1.165) is 6.54 Å².